The molecule has 0 heterocycles. The molecule has 200 valence electrons. The van der Waals surface area contributed by atoms with Crippen molar-refractivity contribution in [1.29, 1.82) is 0 Å². The van der Waals surface area contributed by atoms with Crippen LogP contribution in [0.25, 0.3) is 0 Å². The largest absolute Gasteiger partial charge is 0.494 e. The highest BCUT2D eigenvalue weighted by atomic mass is 16.5. The maximum absolute atomic E-state index is 9.05. The molecule has 0 amide bonds. The Morgan fingerprint density at radius 2 is 1.22 bits per heavy atom. The topological polar surface area (TPSA) is 72.6 Å². The minimum Gasteiger partial charge on any atom is -0.494 e. The van der Waals surface area contributed by atoms with E-state index in [4.69, 9.17) is 19.3 Å². The first-order valence-electron chi connectivity index (χ1n) is 13.7. The van der Waals surface area contributed by atoms with Crippen molar-refractivity contribution in [3.05, 3.63) is 42.0 Å². The summed E-state index contributed by atoms with van der Waals surface area (Å²) in [5.41, 5.74) is 2.30. The van der Waals surface area contributed by atoms with Gasteiger partial charge in [-0.05, 0) is 30.5 Å². The fourth-order valence-corrected chi connectivity index (χ4v) is 4.15. The molecular formula is C30H46N2O4. The Balaban J connectivity index is 1.75. The van der Waals surface area contributed by atoms with Crippen molar-refractivity contribution in [2.45, 2.75) is 90.4 Å². The van der Waals surface area contributed by atoms with Crippen LogP contribution >= 0.6 is 0 Å². The highest BCUT2D eigenvalue weighted by molar-refractivity contribution is 5.65. The second-order valence-corrected chi connectivity index (χ2v) is 9.25. The molecule has 0 aromatic heterocycles. The number of nitrogens with zero attached hydrogens (tertiary/aromatic N) is 2. The molecule has 6 nitrogen and oxygen atoms in total. The summed E-state index contributed by atoms with van der Waals surface area (Å²) in [6, 6.07) is 11.3. The van der Waals surface area contributed by atoms with Gasteiger partial charge in [-0.1, -0.05) is 89.7 Å². The third-order valence-electron chi connectivity index (χ3n) is 6.32. The number of unbranched alkanes of at least 4 members (excludes halogenated alkanes) is 11. The van der Waals surface area contributed by atoms with E-state index in [1.807, 2.05) is 36.4 Å². The van der Waals surface area contributed by atoms with Crippen LogP contribution in [0.15, 0.2) is 46.6 Å². The van der Waals surface area contributed by atoms with E-state index in [0.717, 1.165) is 12.0 Å². The lowest BCUT2D eigenvalue weighted by Gasteiger charge is -2.13. The Labute approximate surface area is 218 Å². The Morgan fingerprint density at radius 1 is 0.694 bits per heavy atom. The molecule has 0 aliphatic rings. The molecule has 2 aromatic rings. The second-order valence-electron chi connectivity index (χ2n) is 9.25. The molecule has 0 aliphatic heterocycles. The van der Waals surface area contributed by atoms with Crippen molar-refractivity contribution in [3.63, 3.8) is 0 Å². The third-order valence-corrected chi connectivity index (χ3v) is 6.32. The monoisotopic (exact) mass is 498 g/mol. The molecule has 0 radical (unpaired) electrons. The summed E-state index contributed by atoms with van der Waals surface area (Å²) in [6.07, 6.45) is 16.5. The smallest absolute Gasteiger partial charge is 0.170 e. The number of benzene rings is 2. The quantitative estimate of drug-likeness (QED) is 0.146. The summed E-state index contributed by atoms with van der Waals surface area (Å²) in [5, 5.41) is 17.8. The fraction of sp³-hybridized carbons (Fsp3) is 0.600. The Bertz CT molecular complexity index is 843. The first-order chi connectivity index (χ1) is 17.7. The zero-order valence-corrected chi connectivity index (χ0v) is 22.6. The summed E-state index contributed by atoms with van der Waals surface area (Å²) >= 11 is 0. The zero-order valence-electron chi connectivity index (χ0n) is 22.6. The van der Waals surface area contributed by atoms with Crippen LogP contribution in [0.4, 0.5) is 11.4 Å². The van der Waals surface area contributed by atoms with E-state index in [-0.39, 0.29) is 6.61 Å². The Hall–Kier alpha value is -2.60. The molecule has 0 fully saturated rings. The maximum atomic E-state index is 9.05. The predicted octanol–water partition coefficient (Wildman–Crippen LogP) is 8.73. The van der Waals surface area contributed by atoms with Gasteiger partial charge in [0.25, 0.3) is 0 Å². The third kappa shape index (κ3) is 11.4. The maximum Gasteiger partial charge on any atom is 0.170 e. The van der Waals surface area contributed by atoms with Crippen LogP contribution in [0.1, 0.15) is 89.5 Å². The van der Waals surface area contributed by atoms with Crippen LogP contribution in [0.3, 0.4) is 0 Å². The van der Waals surface area contributed by atoms with E-state index in [2.05, 4.69) is 17.2 Å². The zero-order chi connectivity index (χ0) is 25.8. The second kappa shape index (κ2) is 18.6. The number of methoxy groups -OCH3 is 2. The first kappa shape index (κ1) is 29.6. The van der Waals surface area contributed by atoms with Gasteiger partial charge < -0.3 is 19.3 Å². The lowest BCUT2D eigenvalue weighted by atomic mass is 10.1. The summed E-state index contributed by atoms with van der Waals surface area (Å²) in [5.74, 6) is 1.82. The van der Waals surface area contributed by atoms with Crippen LogP contribution < -0.4 is 14.2 Å². The minimum absolute atomic E-state index is 0.128. The van der Waals surface area contributed by atoms with E-state index in [9.17, 15) is 0 Å². The van der Waals surface area contributed by atoms with Gasteiger partial charge in [0, 0.05) is 18.7 Å². The predicted molar refractivity (Wildman–Crippen MR) is 148 cm³/mol. The lowest BCUT2D eigenvalue weighted by Crippen LogP contribution is -1.99. The average Bonchev–Trinajstić information content (AvgIpc) is 2.91. The molecule has 36 heavy (non-hydrogen) atoms. The van der Waals surface area contributed by atoms with Gasteiger partial charge >= 0.3 is 0 Å². The summed E-state index contributed by atoms with van der Waals surface area (Å²) in [6.45, 7) is 3.07. The van der Waals surface area contributed by atoms with Crippen molar-refractivity contribution >= 4 is 11.4 Å². The lowest BCUT2D eigenvalue weighted by molar-refractivity contribution is 0.299. The van der Waals surface area contributed by atoms with Gasteiger partial charge in [0.2, 0.25) is 0 Å². The molecule has 1 N–H and O–H groups in total. The summed E-state index contributed by atoms with van der Waals surface area (Å²) in [7, 11) is 3.21. The van der Waals surface area contributed by atoms with Crippen molar-refractivity contribution in [2.75, 3.05) is 27.4 Å². The van der Waals surface area contributed by atoms with E-state index in [1.54, 1.807) is 14.2 Å². The SMILES string of the molecule is CCCCCCCCCCCCCCOc1cc(OC)c(N=Nc2ccc(CCO)cc2)c(OC)c1. The molecule has 0 saturated heterocycles. The number of azo groups is 1. The average molecular weight is 499 g/mol. The number of aliphatic hydroxyl groups excluding tert-OH is 1. The summed E-state index contributed by atoms with van der Waals surface area (Å²) in [4.78, 5) is 0. The van der Waals surface area contributed by atoms with Gasteiger partial charge in [-0.15, -0.1) is 5.11 Å². The number of rotatable bonds is 20. The number of hydrogen-bond acceptors (Lipinski definition) is 6. The molecule has 2 aromatic carbocycles. The van der Waals surface area contributed by atoms with Crippen LogP contribution in [0, 0.1) is 0 Å². The Morgan fingerprint density at radius 3 is 1.72 bits per heavy atom. The van der Waals surface area contributed by atoms with Crippen molar-refractivity contribution in [2.24, 2.45) is 10.2 Å². The molecule has 0 bridgehead atoms. The minimum atomic E-state index is 0.128. The van der Waals surface area contributed by atoms with E-state index < -0.39 is 0 Å². The van der Waals surface area contributed by atoms with E-state index in [0.29, 0.717) is 41.7 Å². The molecule has 0 atom stereocenters. The molecule has 0 unspecified atom stereocenters. The molecule has 6 heteroatoms. The van der Waals surface area contributed by atoms with Crippen molar-refractivity contribution < 1.29 is 19.3 Å². The number of aliphatic hydroxyl groups is 1. The highest BCUT2D eigenvalue weighted by Crippen LogP contribution is 2.42. The van der Waals surface area contributed by atoms with Crippen LogP contribution in [-0.2, 0) is 6.42 Å². The van der Waals surface area contributed by atoms with Crippen LogP contribution in [0.2, 0.25) is 0 Å². The standard InChI is InChI=1S/C30H46N2O4/c1-4-5-6-7-8-9-10-11-12-13-14-15-22-36-27-23-28(34-2)30(29(24-27)35-3)32-31-26-18-16-25(17-19-26)20-21-33/h16-19,23-24,33H,4-15,20-22H2,1-3H3. The number of ether oxygens (including phenoxy) is 3. The van der Waals surface area contributed by atoms with Gasteiger partial charge in [0.05, 0.1) is 26.5 Å². The molecular weight excluding hydrogens is 452 g/mol. The number of hydrogen-bond donors (Lipinski definition) is 1. The van der Waals surface area contributed by atoms with Gasteiger partial charge in [-0.25, -0.2) is 0 Å². The van der Waals surface area contributed by atoms with Crippen molar-refractivity contribution in [3.8, 4) is 17.2 Å². The van der Waals surface area contributed by atoms with Gasteiger partial charge in [0.15, 0.2) is 17.2 Å². The normalized spacial score (nSPS) is 11.2. The van der Waals surface area contributed by atoms with E-state index >= 15 is 0 Å². The highest BCUT2D eigenvalue weighted by Gasteiger charge is 2.13. The molecule has 0 saturated carbocycles. The first-order valence-corrected chi connectivity index (χ1v) is 13.7. The van der Waals surface area contributed by atoms with Crippen LogP contribution in [0.5, 0.6) is 17.2 Å². The van der Waals surface area contributed by atoms with E-state index in [1.165, 1.54) is 70.6 Å². The molecule has 2 rings (SSSR count). The van der Waals surface area contributed by atoms with Crippen LogP contribution in [-0.4, -0.2) is 32.5 Å². The fourth-order valence-electron chi connectivity index (χ4n) is 4.15. The summed E-state index contributed by atoms with van der Waals surface area (Å²) < 4.78 is 17.1. The van der Waals surface area contributed by atoms with Gasteiger partial charge in [-0.2, -0.15) is 5.11 Å². The molecule has 0 aliphatic carbocycles. The van der Waals surface area contributed by atoms with Gasteiger partial charge in [-0.3, -0.25) is 0 Å². The molecule has 0 spiro atoms. The Kier molecular flexibility index (Phi) is 15.3. The van der Waals surface area contributed by atoms with Gasteiger partial charge in [0.1, 0.15) is 5.75 Å². The van der Waals surface area contributed by atoms with Crippen molar-refractivity contribution in [1.82, 2.24) is 0 Å².